The Kier molecular flexibility index (Phi) is 5.83. The number of hydrogen-bond donors (Lipinski definition) is 1. The maximum absolute atomic E-state index is 13.1. The minimum absolute atomic E-state index is 0.0412. The van der Waals surface area contributed by atoms with Gasteiger partial charge >= 0.3 is 5.69 Å². The van der Waals surface area contributed by atoms with E-state index in [0.29, 0.717) is 18.6 Å². The molecule has 1 N–H and O–H groups in total. The highest BCUT2D eigenvalue weighted by atomic mass is 16.3. The minimum atomic E-state index is -0.825. The molecule has 1 aromatic carbocycles. The Labute approximate surface area is 175 Å². The lowest BCUT2D eigenvalue weighted by molar-refractivity contribution is 0.0896. The Balaban J connectivity index is 1.59. The van der Waals surface area contributed by atoms with Crippen molar-refractivity contribution in [2.75, 3.05) is 13.1 Å². The van der Waals surface area contributed by atoms with Gasteiger partial charge in [-0.2, -0.15) is 0 Å². The van der Waals surface area contributed by atoms with Crippen molar-refractivity contribution in [3.63, 3.8) is 0 Å². The SMILES string of the molecule is CC(C)Cn1c(=O)n(C[C@H](O)CN2CCc3ccccc3C2)c(=O)c2ncccc21. The summed E-state index contributed by atoms with van der Waals surface area (Å²) in [6.07, 6.45) is 1.67. The van der Waals surface area contributed by atoms with Crippen molar-refractivity contribution in [1.82, 2.24) is 19.0 Å². The fraction of sp³-hybridized carbons (Fsp3) is 0.435. The second-order valence-corrected chi connectivity index (χ2v) is 8.48. The summed E-state index contributed by atoms with van der Waals surface area (Å²) in [5.74, 6) is 0.232. The Bertz CT molecular complexity index is 1170. The molecule has 0 bridgehead atoms. The number of aliphatic hydroxyl groups excluding tert-OH is 1. The van der Waals surface area contributed by atoms with E-state index in [4.69, 9.17) is 0 Å². The highest BCUT2D eigenvalue weighted by Gasteiger charge is 2.21. The van der Waals surface area contributed by atoms with Crippen LogP contribution < -0.4 is 11.2 Å². The average molecular weight is 409 g/mol. The summed E-state index contributed by atoms with van der Waals surface area (Å²) < 4.78 is 2.73. The molecule has 2 aromatic heterocycles. The normalized spacial score (nSPS) is 15.5. The highest BCUT2D eigenvalue weighted by molar-refractivity contribution is 5.73. The number of hydrogen-bond acceptors (Lipinski definition) is 5. The molecule has 0 amide bonds. The van der Waals surface area contributed by atoms with Crippen molar-refractivity contribution >= 4 is 11.0 Å². The van der Waals surface area contributed by atoms with Gasteiger partial charge in [0.15, 0.2) is 5.52 Å². The minimum Gasteiger partial charge on any atom is -0.390 e. The van der Waals surface area contributed by atoms with Crippen molar-refractivity contribution in [3.8, 4) is 0 Å². The summed E-state index contributed by atoms with van der Waals surface area (Å²) in [5.41, 5.74) is 2.58. The van der Waals surface area contributed by atoms with E-state index >= 15 is 0 Å². The van der Waals surface area contributed by atoms with Gasteiger partial charge in [-0.1, -0.05) is 38.1 Å². The monoisotopic (exact) mass is 408 g/mol. The largest absolute Gasteiger partial charge is 0.390 e. The van der Waals surface area contributed by atoms with Crippen LogP contribution >= 0.6 is 0 Å². The van der Waals surface area contributed by atoms with Crippen LogP contribution in [0.25, 0.3) is 11.0 Å². The second kappa shape index (κ2) is 8.53. The Morgan fingerprint density at radius 1 is 1.00 bits per heavy atom. The average Bonchev–Trinajstić information content (AvgIpc) is 2.74. The summed E-state index contributed by atoms with van der Waals surface area (Å²) >= 11 is 0. The smallest absolute Gasteiger partial charge is 0.331 e. The summed E-state index contributed by atoms with van der Waals surface area (Å²) in [6.45, 7) is 6.50. The standard InChI is InChI=1S/C23H28N4O3/c1-16(2)12-26-20-8-5-10-24-21(20)22(29)27(23(26)30)15-19(28)14-25-11-9-17-6-3-4-7-18(17)13-25/h3-8,10,16,19,28H,9,11-15H2,1-2H3/t19-/m1/s1. The van der Waals surface area contributed by atoms with E-state index in [1.807, 2.05) is 26.0 Å². The molecule has 4 rings (SSSR count). The molecule has 0 radical (unpaired) electrons. The van der Waals surface area contributed by atoms with Crippen molar-refractivity contribution < 1.29 is 5.11 Å². The molecule has 7 nitrogen and oxygen atoms in total. The number of benzene rings is 1. The highest BCUT2D eigenvalue weighted by Crippen LogP contribution is 2.18. The van der Waals surface area contributed by atoms with Gasteiger partial charge in [-0.25, -0.2) is 9.78 Å². The van der Waals surface area contributed by atoms with Crippen LogP contribution in [0.2, 0.25) is 0 Å². The van der Waals surface area contributed by atoms with Crippen LogP contribution in [0, 0.1) is 5.92 Å². The molecular weight excluding hydrogens is 380 g/mol. The van der Waals surface area contributed by atoms with Gasteiger partial charge in [0, 0.05) is 32.4 Å². The fourth-order valence-corrected chi connectivity index (χ4v) is 4.22. The first kappa shape index (κ1) is 20.5. The first-order valence-electron chi connectivity index (χ1n) is 10.5. The van der Waals surface area contributed by atoms with Gasteiger partial charge in [0.1, 0.15) is 0 Å². The molecule has 0 unspecified atom stereocenters. The molecule has 1 atom stereocenters. The van der Waals surface area contributed by atoms with Gasteiger partial charge in [-0.15, -0.1) is 0 Å². The molecule has 30 heavy (non-hydrogen) atoms. The lowest BCUT2D eigenvalue weighted by Gasteiger charge is -2.30. The molecule has 0 saturated heterocycles. The molecule has 0 fully saturated rings. The van der Waals surface area contributed by atoms with E-state index in [-0.39, 0.29) is 18.0 Å². The molecule has 3 aromatic rings. The van der Waals surface area contributed by atoms with Crippen LogP contribution in [0.1, 0.15) is 25.0 Å². The van der Waals surface area contributed by atoms with Crippen LogP contribution in [0.15, 0.2) is 52.2 Å². The van der Waals surface area contributed by atoms with Crippen LogP contribution in [0.5, 0.6) is 0 Å². The number of β-amino-alcohol motifs (C(OH)–C–C–N with tert-alkyl or cyclic N) is 1. The zero-order valence-corrected chi connectivity index (χ0v) is 17.5. The molecule has 0 saturated carbocycles. The van der Waals surface area contributed by atoms with Gasteiger partial charge in [0.2, 0.25) is 0 Å². The molecular formula is C23H28N4O3. The Morgan fingerprint density at radius 3 is 2.53 bits per heavy atom. The Hall–Kier alpha value is -2.77. The van der Waals surface area contributed by atoms with Crippen molar-refractivity contribution in [1.29, 1.82) is 0 Å². The van der Waals surface area contributed by atoms with Crippen molar-refractivity contribution in [3.05, 3.63) is 74.6 Å². The number of fused-ring (bicyclic) bond motifs is 2. The maximum Gasteiger partial charge on any atom is 0.331 e. The van der Waals surface area contributed by atoms with E-state index in [1.54, 1.807) is 22.9 Å². The lowest BCUT2D eigenvalue weighted by Crippen LogP contribution is -2.46. The summed E-state index contributed by atoms with van der Waals surface area (Å²) in [7, 11) is 0. The molecule has 0 aliphatic carbocycles. The maximum atomic E-state index is 13.1. The third-order valence-corrected chi connectivity index (χ3v) is 5.61. The predicted octanol–water partition coefficient (Wildman–Crippen LogP) is 1.63. The number of rotatable bonds is 6. The number of pyridine rings is 1. The van der Waals surface area contributed by atoms with Crippen molar-refractivity contribution in [2.45, 2.75) is 46.0 Å². The van der Waals surface area contributed by atoms with E-state index in [2.05, 4.69) is 22.0 Å². The first-order chi connectivity index (χ1) is 14.4. The zero-order chi connectivity index (χ0) is 21.3. The van der Waals surface area contributed by atoms with E-state index in [0.717, 1.165) is 24.1 Å². The molecule has 0 spiro atoms. The predicted molar refractivity (Wildman–Crippen MR) is 117 cm³/mol. The summed E-state index contributed by atoms with van der Waals surface area (Å²) in [5, 5.41) is 10.7. The topological polar surface area (TPSA) is 80.4 Å². The number of aromatic nitrogens is 3. The number of aliphatic hydroxyl groups is 1. The summed E-state index contributed by atoms with van der Waals surface area (Å²) in [6, 6.07) is 11.8. The molecule has 1 aliphatic rings. The van der Waals surface area contributed by atoms with E-state index in [1.165, 1.54) is 11.1 Å². The van der Waals surface area contributed by atoms with E-state index in [9.17, 15) is 14.7 Å². The zero-order valence-electron chi connectivity index (χ0n) is 17.5. The number of nitrogens with zero attached hydrogens (tertiary/aromatic N) is 4. The van der Waals surface area contributed by atoms with Crippen molar-refractivity contribution in [2.24, 2.45) is 5.92 Å². The molecule has 3 heterocycles. The lowest BCUT2D eigenvalue weighted by atomic mass is 10.00. The van der Waals surface area contributed by atoms with Gasteiger partial charge in [0.05, 0.1) is 18.2 Å². The van der Waals surface area contributed by atoms with Crippen LogP contribution in [-0.4, -0.2) is 43.3 Å². The molecule has 7 heteroatoms. The van der Waals surface area contributed by atoms with Gasteiger partial charge in [-0.05, 0) is 35.6 Å². The van der Waals surface area contributed by atoms with E-state index < -0.39 is 17.4 Å². The molecule has 1 aliphatic heterocycles. The third kappa shape index (κ3) is 4.08. The van der Waals surface area contributed by atoms with Gasteiger partial charge < -0.3 is 5.11 Å². The second-order valence-electron chi connectivity index (χ2n) is 8.48. The first-order valence-corrected chi connectivity index (χ1v) is 10.5. The third-order valence-electron chi connectivity index (χ3n) is 5.61. The fourth-order valence-electron chi connectivity index (χ4n) is 4.22. The molecule has 158 valence electrons. The van der Waals surface area contributed by atoms with Crippen LogP contribution in [0.4, 0.5) is 0 Å². The van der Waals surface area contributed by atoms with Crippen LogP contribution in [0.3, 0.4) is 0 Å². The van der Waals surface area contributed by atoms with Gasteiger partial charge in [-0.3, -0.25) is 18.8 Å². The van der Waals surface area contributed by atoms with Crippen LogP contribution in [-0.2, 0) is 26.1 Å². The quantitative estimate of drug-likeness (QED) is 0.671. The Morgan fingerprint density at radius 2 is 1.77 bits per heavy atom. The summed E-state index contributed by atoms with van der Waals surface area (Å²) in [4.78, 5) is 32.4. The van der Waals surface area contributed by atoms with Gasteiger partial charge in [0.25, 0.3) is 5.56 Å².